The summed E-state index contributed by atoms with van der Waals surface area (Å²) in [5, 5.41) is 15.7. The van der Waals surface area contributed by atoms with Crippen LogP contribution in [0.15, 0.2) is 84.9 Å². The van der Waals surface area contributed by atoms with Crippen LogP contribution < -0.4 is 4.74 Å². The Morgan fingerprint density at radius 1 is 0.914 bits per heavy atom. The van der Waals surface area contributed by atoms with Gasteiger partial charge in [0.25, 0.3) is 0 Å². The minimum atomic E-state index is -0.629. The molecule has 0 fully saturated rings. The molecular formula is C29H32FN3O2. The summed E-state index contributed by atoms with van der Waals surface area (Å²) in [6, 6.07) is 25.7. The van der Waals surface area contributed by atoms with Gasteiger partial charge in [-0.25, -0.2) is 9.07 Å². The molecule has 0 aliphatic heterocycles. The number of para-hydroxylation sites is 2. The summed E-state index contributed by atoms with van der Waals surface area (Å²) in [4.78, 5) is 2.20. The summed E-state index contributed by atoms with van der Waals surface area (Å²) < 4.78 is 22.4. The van der Waals surface area contributed by atoms with Gasteiger partial charge in [-0.3, -0.25) is 4.90 Å². The molecule has 1 N–H and O–H groups in total. The molecule has 0 aliphatic rings. The molecule has 4 rings (SSSR count). The molecule has 1 aromatic heterocycles. The van der Waals surface area contributed by atoms with Crippen molar-refractivity contribution in [3.63, 3.8) is 0 Å². The maximum absolute atomic E-state index is 14.5. The van der Waals surface area contributed by atoms with Gasteiger partial charge < -0.3 is 9.84 Å². The van der Waals surface area contributed by atoms with Crippen LogP contribution in [0.1, 0.15) is 36.8 Å². The highest BCUT2D eigenvalue weighted by atomic mass is 19.1. The fraction of sp³-hybridized carbons (Fsp3) is 0.276. The highest BCUT2D eigenvalue weighted by Gasteiger charge is 2.24. The second kappa shape index (κ2) is 11.3. The van der Waals surface area contributed by atoms with Crippen molar-refractivity contribution in [2.75, 3.05) is 13.1 Å². The van der Waals surface area contributed by atoms with E-state index in [-0.39, 0.29) is 5.75 Å². The van der Waals surface area contributed by atoms with Crippen molar-refractivity contribution in [3.8, 4) is 17.3 Å². The molecule has 35 heavy (non-hydrogen) atoms. The van der Waals surface area contributed by atoms with Gasteiger partial charge in [-0.2, -0.15) is 5.10 Å². The molecule has 0 saturated carbocycles. The number of ether oxygens (including phenoxy) is 1. The SMILES string of the molecule is Cc1nn(-c2ccccc2)c(Oc2ccccc2F)c1CN(CC(C)C)CC(O)c1ccccc1. The topological polar surface area (TPSA) is 50.5 Å². The standard InChI is InChI=1S/C29H32FN3O2/c1-21(2)18-32(20-27(34)23-12-6-4-7-13-23)19-25-22(3)31-33(24-14-8-5-9-15-24)29(25)35-28-17-11-10-16-26(28)30/h4-17,21,27,34H,18-20H2,1-3H3. The fourth-order valence-corrected chi connectivity index (χ4v) is 4.17. The Labute approximate surface area is 206 Å². The average Bonchev–Trinajstić information content (AvgIpc) is 3.16. The Hall–Kier alpha value is -3.48. The lowest BCUT2D eigenvalue weighted by molar-refractivity contribution is 0.101. The number of nitrogens with zero attached hydrogens (tertiary/aromatic N) is 3. The van der Waals surface area contributed by atoms with Crippen LogP contribution in [0.2, 0.25) is 0 Å². The zero-order valence-corrected chi connectivity index (χ0v) is 20.4. The number of hydrogen-bond donors (Lipinski definition) is 1. The van der Waals surface area contributed by atoms with Crippen molar-refractivity contribution in [1.29, 1.82) is 0 Å². The first-order valence-corrected chi connectivity index (χ1v) is 11.9. The van der Waals surface area contributed by atoms with Crippen LogP contribution in [0.3, 0.4) is 0 Å². The number of aliphatic hydroxyl groups excluding tert-OH is 1. The van der Waals surface area contributed by atoms with Gasteiger partial charge >= 0.3 is 0 Å². The number of halogens is 1. The molecule has 0 amide bonds. The van der Waals surface area contributed by atoms with Gasteiger partial charge in [-0.05, 0) is 42.7 Å². The monoisotopic (exact) mass is 473 g/mol. The first-order chi connectivity index (χ1) is 16.9. The Balaban J connectivity index is 1.71. The van der Waals surface area contributed by atoms with Gasteiger partial charge in [0, 0.05) is 19.6 Å². The average molecular weight is 474 g/mol. The van der Waals surface area contributed by atoms with E-state index in [1.54, 1.807) is 22.9 Å². The second-order valence-corrected chi connectivity index (χ2v) is 9.16. The van der Waals surface area contributed by atoms with Crippen molar-refractivity contribution in [2.45, 2.75) is 33.4 Å². The van der Waals surface area contributed by atoms with Crippen molar-refractivity contribution in [1.82, 2.24) is 14.7 Å². The van der Waals surface area contributed by atoms with Crippen LogP contribution in [-0.4, -0.2) is 32.9 Å². The number of hydrogen-bond acceptors (Lipinski definition) is 4. The lowest BCUT2D eigenvalue weighted by Crippen LogP contribution is -2.32. The highest BCUT2D eigenvalue weighted by molar-refractivity contribution is 5.43. The molecule has 0 saturated heterocycles. The van der Waals surface area contributed by atoms with Crippen LogP contribution in [-0.2, 0) is 6.54 Å². The van der Waals surface area contributed by atoms with E-state index in [2.05, 4.69) is 18.7 Å². The van der Waals surface area contributed by atoms with E-state index < -0.39 is 11.9 Å². The van der Waals surface area contributed by atoms with Gasteiger partial charge in [-0.1, -0.05) is 74.5 Å². The predicted octanol–water partition coefficient (Wildman–Crippen LogP) is 6.30. The zero-order valence-electron chi connectivity index (χ0n) is 20.4. The molecule has 3 aromatic carbocycles. The Bertz CT molecular complexity index is 1230. The number of aliphatic hydroxyl groups is 1. The van der Waals surface area contributed by atoms with Crippen LogP contribution in [0.4, 0.5) is 4.39 Å². The smallest absolute Gasteiger partial charge is 0.227 e. The number of benzene rings is 3. The first kappa shape index (κ1) is 24.6. The summed E-state index contributed by atoms with van der Waals surface area (Å²) in [7, 11) is 0. The minimum Gasteiger partial charge on any atom is -0.435 e. The molecule has 0 spiro atoms. The van der Waals surface area contributed by atoms with E-state index in [0.717, 1.165) is 29.1 Å². The Morgan fingerprint density at radius 3 is 2.20 bits per heavy atom. The first-order valence-electron chi connectivity index (χ1n) is 11.9. The number of aromatic nitrogens is 2. The molecule has 1 heterocycles. The molecule has 1 atom stereocenters. The van der Waals surface area contributed by atoms with Crippen LogP contribution >= 0.6 is 0 Å². The minimum absolute atomic E-state index is 0.144. The maximum atomic E-state index is 14.5. The molecular weight excluding hydrogens is 441 g/mol. The largest absolute Gasteiger partial charge is 0.435 e. The molecule has 182 valence electrons. The van der Waals surface area contributed by atoms with E-state index in [4.69, 9.17) is 9.84 Å². The summed E-state index contributed by atoms with van der Waals surface area (Å²) in [5.41, 5.74) is 3.36. The Kier molecular flexibility index (Phi) is 7.95. The lowest BCUT2D eigenvalue weighted by Gasteiger charge is -2.27. The predicted molar refractivity (Wildman–Crippen MR) is 136 cm³/mol. The van der Waals surface area contributed by atoms with Crippen molar-refractivity contribution in [2.24, 2.45) is 5.92 Å². The molecule has 0 aliphatic carbocycles. The third-order valence-electron chi connectivity index (χ3n) is 5.80. The molecule has 1 unspecified atom stereocenters. The van der Waals surface area contributed by atoms with Crippen molar-refractivity contribution >= 4 is 0 Å². The summed E-state index contributed by atoms with van der Waals surface area (Å²) in [6.45, 7) is 7.97. The number of rotatable bonds is 10. The van der Waals surface area contributed by atoms with Gasteiger partial charge in [0.05, 0.1) is 23.0 Å². The van der Waals surface area contributed by atoms with Gasteiger partial charge in [-0.15, -0.1) is 0 Å². The van der Waals surface area contributed by atoms with Crippen molar-refractivity contribution in [3.05, 3.63) is 108 Å². The van der Waals surface area contributed by atoms with Gasteiger partial charge in [0.2, 0.25) is 5.88 Å². The van der Waals surface area contributed by atoms with E-state index in [1.165, 1.54) is 6.07 Å². The molecule has 0 radical (unpaired) electrons. The Morgan fingerprint density at radius 2 is 1.54 bits per heavy atom. The molecule has 0 bridgehead atoms. The molecule has 5 nitrogen and oxygen atoms in total. The van der Waals surface area contributed by atoms with E-state index >= 15 is 0 Å². The zero-order chi connectivity index (χ0) is 24.8. The number of aryl methyl sites for hydroxylation is 1. The van der Waals surface area contributed by atoms with Crippen molar-refractivity contribution < 1.29 is 14.2 Å². The van der Waals surface area contributed by atoms with Crippen LogP contribution in [0.25, 0.3) is 5.69 Å². The third-order valence-corrected chi connectivity index (χ3v) is 5.80. The van der Waals surface area contributed by atoms with E-state index in [0.29, 0.717) is 24.9 Å². The second-order valence-electron chi connectivity index (χ2n) is 9.16. The lowest BCUT2D eigenvalue weighted by atomic mass is 10.1. The molecule has 6 heteroatoms. The normalized spacial score (nSPS) is 12.3. The van der Waals surface area contributed by atoms with Gasteiger partial charge in [0.1, 0.15) is 0 Å². The third kappa shape index (κ3) is 6.15. The van der Waals surface area contributed by atoms with E-state index in [9.17, 15) is 9.50 Å². The fourth-order valence-electron chi connectivity index (χ4n) is 4.17. The van der Waals surface area contributed by atoms with Gasteiger partial charge in [0.15, 0.2) is 11.6 Å². The maximum Gasteiger partial charge on any atom is 0.227 e. The summed E-state index contributed by atoms with van der Waals surface area (Å²) in [5.74, 6) is 0.571. The highest BCUT2D eigenvalue weighted by Crippen LogP contribution is 2.33. The van der Waals surface area contributed by atoms with Crippen LogP contribution in [0, 0.1) is 18.7 Å². The quantitative estimate of drug-likeness (QED) is 0.294. The molecule has 4 aromatic rings. The summed E-state index contributed by atoms with van der Waals surface area (Å²) in [6.07, 6.45) is -0.629. The summed E-state index contributed by atoms with van der Waals surface area (Å²) >= 11 is 0. The van der Waals surface area contributed by atoms with E-state index in [1.807, 2.05) is 67.6 Å². The van der Waals surface area contributed by atoms with Crippen LogP contribution in [0.5, 0.6) is 11.6 Å².